The lowest BCUT2D eigenvalue weighted by molar-refractivity contribution is -0.138. The summed E-state index contributed by atoms with van der Waals surface area (Å²) in [6.45, 7) is 4.10. The fourth-order valence-corrected chi connectivity index (χ4v) is 2.13. The summed E-state index contributed by atoms with van der Waals surface area (Å²) in [6, 6.07) is 5.79. The minimum absolute atomic E-state index is 0.00467. The molecule has 0 atom stereocenters. The van der Waals surface area contributed by atoms with E-state index < -0.39 is 11.9 Å². The number of nitrogens with one attached hydrogen (secondary N) is 1. The molecule has 0 saturated carbocycles. The van der Waals surface area contributed by atoms with E-state index in [4.69, 9.17) is 0 Å². The molecule has 0 unspecified atom stereocenters. The standard InChI is InChI=1S/C16H19N3O4/c1-10(2)19-14-6-5-12(7-11(14)9-17-19)18-13(16(21)23-4)8-15(20)22-3/h5-10,18H,1-4H3/b13-8+. The average Bonchev–Trinajstić information content (AvgIpc) is 2.96. The molecule has 0 spiro atoms. The third-order valence-electron chi connectivity index (χ3n) is 3.23. The van der Waals surface area contributed by atoms with E-state index in [2.05, 4.69) is 19.9 Å². The van der Waals surface area contributed by atoms with Crippen LogP contribution in [0.5, 0.6) is 0 Å². The largest absolute Gasteiger partial charge is 0.466 e. The maximum Gasteiger partial charge on any atom is 0.354 e. The number of hydrogen-bond donors (Lipinski definition) is 1. The van der Waals surface area contributed by atoms with E-state index >= 15 is 0 Å². The van der Waals surface area contributed by atoms with Gasteiger partial charge in [-0.2, -0.15) is 5.10 Å². The number of carbonyl (C=O) groups is 2. The Morgan fingerprint density at radius 3 is 2.61 bits per heavy atom. The van der Waals surface area contributed by atoms with Crippen molar-refractivity contribution in [1.82, 2.24) is 9.78 Å². The summed E-state index contributed by atoms with van der Waals surface area (Å²) in [5.41, 5.74) is 1.62. The quantitative estimate of drug-likeness (QED) is 0.673. The topological polar surface area (TPSA) is 82.5 Å². The second kappa shape index (κ2) is 6.95. The zero-order valence-electron chi connectivity index (χ0n) is 13.5. The van der Waals surface area contributed by atoms with E-state index in [0.29, 0.717) is 5.69 Å². The van der Waals surface area contributed by atoms with Crippen LogP contribution in [-0.2, 0) is 19.1 Å². The molecule has 0 fully saturated rings. The van der Waals surface area contributed by atoms with Crippen molar-refractivity contribution in [3.8, 4) is 0 Å². The Morgan fingerprint density at radius 1 is 1.26 bits per heavy atom. The van der Waals surface area contributed by atoms with Crippen LogP contribution in [0.2, 0.25) is 0 Å². The van der Waals surface area contributed by atoms with Crippen LogP contribution in [0.3, 0.4) is 0 Å². The Morgan fingerprint density at radius 2 is 2.00 bits per heavy atom. The number of aromatic nitrogens is 2. The van der Waals surface area contributed by atoms with E-state index in [0.717, 1.165) is 17.0 Å². The van der Waals surface area contributed by atoms with Gasteiger partial charge in [0, 0.05) is 17.1 Å². The molecule has 0 aliphatic heterocycles. The molecule has 2 aromatic rings. The first kappa shape index (κ1) is 16.5. The highest BCUT2D eigenvalue weighted by molar-refractivity contribution is 5.99. The van der Waals surface area contributed by atoms with Gasteiger partial charge in [-0.3, -0.25) is 4.68 Å². The minimum atomic E-state index is -0.659. The molecule has 0 saturated heterocycles. The Kier molecular flexibility index (Phi) is 5.00. The molecule has 1 heterocycles. The second-order valence-electron chi connectivity index (χ2n) is 5.15. The predicted molar refractivity (Wildman–Crippen MR) is 85.9 cm³/mol. The molecule has 0 aliphatic rings. The van der Waals surface area contributed by atoms with Gasteiger partial charge in [0.15, 0.2) is 0 Å². The van der Waals surface area contributed by atoms with E-state index in [9.17, 15) is 9.59 Å². The van der Waals surface area contributed by atoms with Crippen molar-refractivity contribution in [2.75, 3.05) is 19.5 Å². The molecule has 7 heteroatoms. The highest BCUT2D eigenvalue weighted by Gasteiger charge is 2.13. The van der Waals surface area contributed by atoms with Crippen LogP contribution in [0.1, 0.15) is 19.9 Å². The van der Waals surface area contributed by atoms with Gasteiger partial charge in [0.2, 0.25) is 0 Å². The summed E-state index contributed by atoms with van der Waals surface area (Å²) in [6.07, 6.45) is 2.80. The fraction of sp³-hybridized carbons (Fsp3) is 0.312. The molecule has 1 aromatic carbocycles. The van der Waals surface area contributed by atoms with E-state index in [1.54, 1.807) is 12.3 Å². The number of rotatable bonds is 5. The smallest absolute Gasteiger partial charge is 0.354 e. The van der Waals surface area contributed by atoms with Gasteiger partial charge in [-0.15, -0.1) is 0 Å². The van der Waals surface area contributed by atoms with Gasteiger partial charge in [0.1, 0.15) is 5.70 Å². The number of hydrogen-bond acceptors (Lipinski definition) is 6. The molecule has 0 bridgehead atoms. The van der Waals surface area contributed by atoms with Crippen molar-refractivity contribution in [1.29, 1.82) is 0 Å². The molecule has 1 N–H and O–H groups in total. The molecule has 7 nitrogen and oxygen atoms in total. The van der Waals surface area contributed by atoms with Crippen LogP contribution in [-0.4, -0.2) is 35.9 Å². The SMILES string of the molecule is COC(=O)/C=C(/Nc1ccc2c(cnn2C(C)C)c1)C(=O)OC. The molecule has 23 heavy (non-hydrogen) atoms. The zero-order valence-corrected chi connectivity index (χ0v) is 13.5. The maximum absolute atomic E-state index is 11.7. The van der Waals surface area contributed by atoms with Crippen LogP contribution in [0.15, 0.2) is 36.2 Å². The fourth-order valence-electron chi connectivity index (χ4n) is 2.13. The van der Waals surface area contributed by atoms with Gasteiger partial charge in [-0.05, 0) is 32.0 Å². The summed E-state index contributed by atoms with van der Waals surface area (Å²) in [5, 5.41) is 8.13. The van der Waals surface area contributed by atoms with Gasteiger partial charge in [0.05, 0.1) is 32.0 Å². The maximum atomic E-state index is 11.7. The Bertz CT molecular complexity index is 762. The van der Waals surface area contributed by atoms with Crippen molar-refractivity contribution >= 4 is 28.5 Å². The minimum Gasteiger partial charge on any atom is -0.466 e. The first-order valence-corrected chi connectivity index (χ1v) is 7.08. The van der Waals surface area contributed by atoms with E-state index in [-0.39, 0.29) is 11.7 Å². The summed E-state index contributed by atoms with van der Waals surface area (Å²) in [5.74, 6) is -1.31. The third kappa shape index (κ3) is 3.68. The normalized spacial score (nSPS) is 11.6. The molecule has 0 radical (unpaired) electrons. The first-order valence-electron chi connectivity index (χ1n) is 7.08. The number of methoxy groups -OCH3 is 2. The lowest BCUT2D eigenvalue weighted by atomic mass is 10.2. The van der Waals surface area contributed by atoms with Crippen molar-refractivity contribution in [2.24, 2.45) is 0 Å². The highest BCUT2D eigenvalue weighted by Crippen LogP contribution is 2.22. The predicted octanol–water partition coefficient (Wildman–Crippen LogP) is 2.26. The van der Waals surface area contributed by atoms with Crippen molar-refractivity contribution in [3.63, 3.8) is 0 Å². The third-order valence-corrected chi connectivity index (χ3v) is 3.23. The molecule has 2 rings (SSSR count). The number of ether oxygens (including phenoxy) is 2. The molecule has 0 aliphatic carbocycles. The number of nitrogens with zero attached hydrogens (tertiary/aromatic N) is 2. The lowest BCUT2D eigenvalue weighted by Gasteiger charge is -2.10. The number of anilines is 1. The van der Waals surface area contributed by atoms with Crippen LogP contribution in [0, 0.1) is 0 Å². The van der Waals surface area contributed by atoms with E-state index in [1.807, 2.05) is 30.7 Å². The summed E-state index contributed by atoms with van der Waals surface area (Å²) >= 11 is 0. The van der Waals surface area contributed by atoms with Gasteiger partial charge in [0.25, 0.3) is 0 Å². The second-order valence-corrected chi connectivity index (χ2v) is 5.15. The number of carbonyl (C=O) groups excluding carboxylic acids is 2. The average molecular weight is 317 g/mol. The van der Waals surface area contributed by atoms with Gasteiger partial charge < -0.3 is 14.8 Å². The molecular formula is C16H19N3O4. The van der Waals surface area contributed by atoms with Crippen molar-refractivity contribution in [3.05, 3.63) is 36.2 Å². The van der Waals surface area contributed by atoms with Crippen LogP contribution >= 0.6 is 0 Å². The lowest BCUT2D eigenvalue weighted by Crippen LogP contribution is -2.15. The zero-order chi connectivity index (χ0) is 17.0. The van der Waals surface area contributed by atoms with Gasteiger partial charge in [-0.1, -0.05) is 0 Å². The number of esters is 2. The Balaban J connectivity index is 2.33. The highest BCUT2D eigenvalue weighted by atomic mass is 16.5. The van der Waals surface area contributed by atoms with Gasteiger partial charge in [-0.25, -0.2) is 9.59 Å². The van der Waals surface area contributed by atoms with E-state index in [1.165, 1.54) is 14.2 Å². The van der Waals surface area contributed by atoms with Crippen LogP contribution in [0.25, 0.3) is 10.9 Å². The van der Waals surface area contributed by atoms with Crippen molar-refractivity contribution in [2.45, 2.75) is 19.9 Å². The van der Waals surface area contributed by atoms with Gasteiger partial charge >= 0.3 is 11.9 Å². The summed E-state index contributed by atoms with van der Waals surface area (Å²) in [4.78, 5) is 23.1. The summed E-state index contributed by atoms with van der Waals surface area (Å²) in [7, 11) is 2.48. The monoisotopic (exact) mass is 317 g/mol. The molecule has 122 valence electrons. The first-order chi connectivity index (χ1) is 11.0. The number of fused-ring (bicyclic) bond motifs is 1. The number of benzene rings is 1. The van der Waals surface area contributed by atoms with Crippen molar-refractivity contribution < 1.29 is 19.1 Å². The van der Waals surface area contributed by atoms with Crippen LogP contribution < -0.4 is 5.32 Å². The Hall–Kier alpha value is -2.83. The molecule has 1 aromatic heterocycles. The summed E-state index contributed by atoms with van der Waals surface area (Å²) < 4.78 is 11.1. The molecule has 0 amide bonds. The Labute approximate surface area is 133 Å². The molecular weight excluding hydrogens is 298 g/mol. The van der Waals surface area contributed by atoms with Crippen LogP contribution in [0.4, 0.5) is 5.69 Å².